The van der Waals surface area contributed by atoms with Gasteiger partial charge >= 0.3 is 5.91 Å². The number of aromatic nitrogens is 2. The van der Waals surface area contributed by atoms with Gasteiger partial charge in [-0.15, -0.1) is 10.2 Å². The second kappa shape index (κ2) is 15.1. The molecule has 238 valence electrons. The fraction of sp³-hybridized carbons (Fsp3) is 0.235. The smallest absolute Gasteiger partial charge is 0.301 e. The number of nitrogens with zero attached hydrogens (tertiary/aromatic N) is 3. The predicted molar refractivity (Wildman–Crippen MR) is 176 cm³/mol. The summed E-state index contributed by atoms with van der Waals surface area (Å²) in [6.07, 6.45) is 2.45. The molecule has 1 aromatic heterocycles. The van der Waals surface area contributed by atoms with E-state index in [9.17, 15) is 19.1 Å². The van der Waals surface area contributed by atoms with Crippen LogP contribution in [0, 0.1) is 5.82 Å². The second-order valence-electron chi connectivity index (χ2n) is 10.0. The maximum atomic E-state index is 13.7. The fourth-order valence-electron chi connectivity index (χ4n) is 4.74. The molecule has 1 aliphatic heterocycles. The van der Waals surface area contributed by atoms with Gasteiger partial charge in [0, 0.05) is 11.3 Å². The SMILES string of the molecule is C=CCOc1ccc(C2/C(=C(\O)c3ccc(OCCC)cc3)C(=O)C(=O)N2c2nnc(SCc3ccc(F)cc3)s2)cc1OCC. The number of hydrogen-bond donors (Lipinski definition) is 1. The van der Waals surface area contributed by atoms with E-state index in [1.54, 1.807) is 60.7 Å². The normalized spacial score (nSPS) is 15.6. The van der Waals surface area contributed by atoms with Crippen LogP contribution in [0.25, 0.3) is 5.76 Å². The van der Waals surface area contributed by atoms with Gasteiger partial charge in [-0.25, -0.2) is 4.39 Å². The van der Waals surface area contributed by atoms with E-state index >= 15 is 0 Å². The fourth-order valence-corrected chi connectivity index (χ4v) is 6.57. The number of halogens is 1. The molecule has 1 aliphatic rings. The highest BCUT2D eigenvalue weighted by Crippen LogP contribution is 2.45. The second-order valence-corrected chi connectivity index (χ2v) is 12.2. The molecule has 0 spiro atoms. The third-order valence-corrected chi connectivity index (χ3v) is 8.99. The Morgan fingerprint density at radius 2 is 1.78 bits per heavy atom. The predicted octanol–water partition coefficient (Wildman–Crippen LogP) is 7.35. The molecule has 5 rings (SSSR count). The van der Waals surface area contributed by atoms with Crippen LogP contribution >= 0.6 is 23.1 Å². The number of anilines is 1. The summed E-state index contributed by atoms with van der Waals surface area (Å²) >= 11 is 2.51. The van der Waals surface area contributed by atoms with Crippen LogP contribution < -0.4 is 19.1 Å². The molecule has 46 heavy (non-hydrogen) atoms. The van der Waals surface area contributed by atoms with Gasteiger partial charge in [0.15, 0.2) is 15.8 Å². The number of carbonyl (C=O) groups excluding carboxylic acids is 2. The molecule has 1 unspecified atom stereocenters. The van der Waals surface area contributed by atoms with Crippen LogP contribution in [0.15, 0.2) is 89.3 Å². The minimum absolute atomic E-state index is 0.106. The lowest BCUT2D eigenvalue weighted by molar-refractivity contribution is -0.132. The summed E-state index contributed by atoms with van der Waals surface area (Å²) < 4.78 is 31.1. The molecule has 1 saturated heterocycles. The van der Waals surface area contributed by atoms with E-state index in [-0.39, 0.29) is 28.9 Å². The van der Waals surface area contributed by atoms with E-state index in [1.807, 2.05) is 13.8 Å². The van der Waals surface area contributed by atoms with Gasteiger partial charge in [0.25, 0.3) is 5.78 Å². The number of Topliss-reactive ketones (excluding diaryl/α,β-unsaturated/α-hetero) is 1. The molecule has 4 aromatic rings. The van der Waals surface area contributed by atoms with Crippen LogP contribution in [-0.2, 0) is 15.3 Å². The van der Waals surface area contributed by atoms with Crippen molar-refractivity contribution in [2.45, 2.75) is 36.4 Å². The molecule has 1 amide bonds. The Bertz CT molecular complexity index is 1740. The van der Waals surface area contributed by atoms with E-state index < -0.39 is 17.7 Å². The number of ketones is 1. The molecule has 3 aromatic carbocycles. The van der Waals surface area contributed by atoms with Gasteiger partial charge in [0.1, 0.15) is 23.9 Å². The quantitative estimate of drug-likeness (QED) is 0.0370. The average molecular weight is 662 g/mol. The number of rotatable bonds is 14. The van der Waals surface area contributed by atoms with Crippen LogP contribution in [0.4, 0.5) is 9.52 Å². The number of thioether (sulfide) groups is 1. The van der Waals surface area contributed by atoms with Crippen LogP contribution in [0.1, 0.15) is 43.0 Å². The van der Waals surface area contributed by atoms with Gasteiger partial charge in [-0.05, 0) is 73.0 Å². The van der Waals surface area contributed by atoms with Gasteiger partial charge in [0.05, 0.1) is 24.8 Å². The lowest BCUT2D eigenvalue weighted by Crippen LogP contribution is -2.29. The van der Waals surface area contributed by atoms with E-state index in [4.69, 9.17) is 14.2 Å². The monoisotopic (exact) mass is 661 g/mol. The molecule has 1 N–H and O–H groups in total. The van der Waals surface area contributed by atoms with Gasteiger partial charge in [-0.1, -0.05) is 60.9 Å². The number of aliphatic hydroxyl groups excluding tert-OH is 1. The molecule has 0 radical (unpaired) electrons. The summed E-state index contributed by atoms with van der Waals surface area (Å²) in [6.45, 7) is 8.64. The first-order chi connectivity index (χ1) is 22.3. The van der Waals surface area contributed by atoms with Gasteiger partial charge in [0.2, 0.25) is 5.13 Å². The van der Waals surface area contributed by atoms with Crippen molar-refractivity contribution < 1.29 is 33.3 Å². The standard InChI is InChI=1S/C34H32FN3O6S2/c1-4-17-43-25-14-9-22(10-15-25)30(39)28-29(23-11-16-26(44-18-5-2)27(19-23)42-6-3)38(32(41)31(28)40)33-36-37-34(46-33)45-20-21-7-12-24(35)13-8-21/h5,7-16,19,29,39H,2,4,6,17-18,20H2,1,3H3/b30-28+. The van der Waals surface area contributed by atoms with Crippen LogP contribution in [0.3, 0.4) is 0 Å². The number of benzene rings is 3. The molecule has 12 heteroatoms. The van der Waals surface area contributed by atoms with Crippen molar-refractivity contribution in [3.8, 4) is 17.2 Å². The van der Waals surface area contributed by atoms with Gasteiger partial charge in [-0.3, -0.25) is 14.5 Å². The minimum Gasteiger partial charge on any atom is -0.507 e. The number of ether oxygens (including phenoxy) is 3. The Morgan fingerprint density at radius 3 is 2.48 bits per heavy atom. The Labute approximate surface area is 274 Å². The number of carbonyl (C=O) groups is 2. The van der Waals surface area contributed by atoms with Gasteiger partial charge < -0.3 is 19.3 Å². The third-order valence-electron chi connectivity index (χ3n) is 6.86. The van der Waals surface area contributed by atoms with Crippen molar-refractivity contribution in [2.75, 3.05) is 24.7 Å². The molecule has 9 nitrogen and oxygen atoms in total. The number of amides is 1. The van der Waals surface area contributed by atoms with E-state index in [2.05, 4.69) is 16.8 Å². The van der Waals surface area contributed by atoms with Crippen molar-refractivity contribution in [1.82, 2.24) is 10.2 Å². The van der Waals surface area contributed by atoms with Crippen molar-refractivity contribution in [1.29, 1.82) is 0 Å². The van der Waals surface area contributed by atoms with Crippen LogP contribution in [-0.4, -0.2) is 46.8 Å². The number of hydrogen-bond acceptors (Lipinski definition) is 10. The maximum absolute atomic E-state index is 13.7. The minimum atomic E-state index is -1.05. The third kappa shape index (κ3) is 7.24. The Kier molecular flexibility index (Phi) is 10.7. The van der Waals surface area contributed by atoms with Crippen LogP contribution in [0.5, 0.6) is 17.2 Å². The molecule has 1 atom stereocenters. The first-order valence-electron chi connectivity index (χ1n) is 14.6. The average Bonchev–Trinajstić information content (AvgIpc) is 3.64. The zero-order valence-electron chi connectivity index (χ0n) is 25.3. The maximum Gasteiger partial charge on any atom is 0.301 e. The van der Waals surface area contributed by atoms with E-state index in [1.165, 1.54) is 28.8 Å². The van der Waals surface area contributed by atoms with E-state index in [0.717, 1.165) is 23.3 Å². The first kappa shape index (κ1) is 32.7. The first-order valence-corrected chi connectivity index (χ1v) is 16.4. The molecule has 0 aliphatic carbocycles. The highest BCUT2D eigenvalue weighted by atomic mass is 32.2. The van der Waals surface area contributed by atoms with Crippen LogP contribution in [0.2, 0.25) is 0 Å². The lowest BCUT2D eigenvalue weighted by Gasteiger charge is -2.23. The van der Waals surface area contributed by atoms with Crippen molar-refractivity contribution in [2.24, 2.45) is 0 Å². The molecule has 1 fully saturated rings. The van der Waals surface area contributed by atoms with E-state index in [0.29, 0.717) is 51.7 Å². The Hall–Kier alpha value is -4.68. The number of aliphatic hydroxyl groups is 1. The lowest BCUT2D eigenvalue weighted by atomic mass is 9.95. The summed E-state index contributed by atoms with van der Waals surface area (Å²) in [5, 5.41) is 20.2. The summed E-state index contributed by atoms with van der Waals surface area (Å²) in [6, 6.07) is 16.8. The zero-order chi connectivity index (χ0) is 32.6. The molecular weight excluding hydrogens is 630 g/mol. The molecule has 2 heterocycles. The van der Waals surface area contributed by atoms with Crippen molar-refractivity contribution >= 4 is 45.7 Å². The summed E-state index contributed by atoms with van der Waals surface area (Å²) in [7, 11) is 0. The summed E-state index contributed by atoms with van der Waals surface area (Å²) in [5.41, 5.74) is 1.62. The molecule has 0 bridgehead atoms. The highest BCUT2D eigenvalue weighted by Gasteiger charge is 2.48. The molecular formula is C34H32FN3O6S2. The summed E-state index contributed by atoms with van der Waals surface area (Å²) in [5.74, 6) is -0.409. The summed E-state index contributed by atoms with van der Waals surface area (Å²) in [4.78, 5) is 28.6. The zero-order valence-corrected chi connectivity index (χ0v) is 26.9. The topological polar surface area (TPSA) is 111 Å². The van der Waals surface area contributed by atoms with Crippen molar-refractivity contribution in [3.05, 3.63) is 107 Å². The highest BCUT2D eigenvalue weighted by molar-refractivity contribution is 8.00. The largest absolute Gasteiger partial charge is 0.507 e. The van der Waals surface area contributed by atoms with Crippen molar-refractivity contribution in [3.63, 3.8) is 0 Å². The van der Waals surface area contributed by atoms with Gasteiger partial charge in [-0.2, -0.15) is 0 Å². The Balaban J connectivity index is 1.56. The molecule has 0 saturated carbocycles. The Morgan fingerprint density at radius 1 is 1.02 bits per heavy atom.